The molecule has 1 aliphatic rings. The largest absolute Gasteiger partial charge is 0.392 e. The van der Waals surface area contributed by atoms with E-state index < -0.39 is 0 Å². The van der Waals surface area contributed by atoms with Gasteiger partial charge in [-0.2, -0.15) is 0 Å². The fourth-order valence-electron chi connectivity index (χ4n) is 1.60. The van der Waals surface area contributed by atoms with E-state index in [1.807, 2.05) is 18.2 Å². The summed E-state index contributed by atoms with van der Waals surface area (Å²) in [6.45, 7) is 0.0570. The zero-order valence-corrected chi connectivity index (χ0v) is 6.71. The van der Waals surface area contributed by atoms with Gasteiger partial charge in [0.1, 0.15) is 5.78 Å². The molecule has 1 aromatic carbocycles. The van der Waals surface area contributed by atoms with E-state index in [1.54, 1.807) is 0 Å². The molecule has 0 spiro atoms. The third-order valence-electron chi connectivity index (χ3n) is 2.23. The van der Waals surface area contributed by atoms with E-state index in [1.165, 1.54) is 0 Å². The van der Waals surface area contributed by atoms with Crippen LogP contribution in [-0.2, 0) is 24.2 Å². The molecule has 0 saturated carbocycles. The van der Waals surface area contributed by atoms with Crippen molar-refractivity contribution in [2.24, 2.45) is 0 Å². The van der Waals surface area contributed by atoms with Crippen LogP contribution in [0.5, 0.6) is 0 Å². The predicted molar refractivity (Wildman–Crippen MR) is 44.8 cm³/mol. The van der Waals surface area contributed by atoms with E-state index in [0.29, 0.717) is 12.8 Å². The molecule has 0 heterocycles. The molecule has 0 aromatic heterocycles. The zero-order valence-electron chi connectivity index (χ0n) is 6.71. The van der Waals surface area contributed by atoms with E-state index in [-0.39, 0.29) is 12.4 Å². The molecule has 1 N–H and O–H groups in total. The third-order valence-corrected chi connectivity index (χ3v) is 2.23. The van der Waals surface area contributed by atoms with Crippen molar-refractivity contribution in [3.05, 3.63) is 34.9 Å². The molecular weight excluding hydrogens is 152 g/mol. The maximum absolute atomic E-state index is 11.0. The number of hydrogen-bond donors (Lipinski definition) is 1. The first-order chi connectivity index (χ1) is 5.79. The quantitative estimate of drug-likeness (QED) is 0.664. The average Bonchev–Trinajstić information content (AvgIpc) is 2.43. The number of carbonyl (C=O) groups excluding carboxylic acids is 1. The lowest BCUT2D eigenvalue weighted by atomic mass is 10.1. The predicted octanol–water partition coefficient (Wildman–Crippen LogP) is 0.847. The standard InChI is InChI=1S/C10H10O2/c11-6-7-1-2-8-4-10(12)5-9(8)3-7/h1-3,11H,4-6H2. The number of rotatable bonds is 1. The Kier molecular flexibility index (Phi) is 1.70. The summed E-state index contributed by atoms with van der Waals surface area (Å²) < 4.78 is 0. The van der Waals surface area contributed by atoms with Crippen molar-refractivity contribution < 1.29 is 9.90 Å². The Bertz CT molecular complexity index is 329. The Balaban J connectivity index is 2.41. The second kappa shape index (κ2) is 2.72. The fourth-order valence-corrected chi connectivity index (χ4v) is 1.60. The number of aliphatic hydroxyl groups is 1. The van der Waals surface area contributed by atoms with E-state index in [2.05, 4.69) is 0 Å². The Morgan fingerprint density at radius 3 is 2.75 bits per heavy atom. The van der Waals surface area contributed by atoms with Gasteiger partial charge in [-0.15, -0.1) is 0 Å². The molecule has 0 fully saturated rings. The molecule has 62 valence electrons. The van der Waals surface area contributed by atoms with Gasteiger partial charge in [-0.1, -0.05) is 18.2 Å². The number of ketones is 1. The summed E-state index contributed by atoms with van der Waals surface area (Å²) >= 11 is 0. The van der Waals surface area contributed by atoms with E-state index in [0.717, 1.165) is 16.7 Å². The highest BCUT2D eigenvalue weighted by Gasteiger charge is 2.17. The van der Waals surface area contributed by atoms with Gasteiger partial charge in [0.15, 0.2) is 0 Å². The minimum Gasteiger partial charge on any atom is -0.392 e. The van der Waals surface area contributed by atoms with Gasteiger partial charge in [0.25, 0.3) is 0 Å². The molecule has 2 nitrogen and oxygen atoms in total. The molecule has 2 rings (SSSR count). The van der Waals surface area contributed by atoms with Crippen molar-refractivity contribution in [1.82, 2.24) is 0 Å². The summed E-state index contributed by atoms with van der Waals surface area (Å²) in [7, 11) is 0. The van der Waals surface area contributed by atoms with Gasteiger partial charge in [0.2, 0.25) is 0 Å². The lowest BCUT2D eigenvalue weighted by Gasteiger charge is -1.99. The molecule has 0 amide bonds. The van der Waals surface area contributed by atoms with Gasteiger partial charge < -0.3 is 5.11 Å². The minimum atomic E-state index is 0.0570. The van der Waals surface area contributed by atoms with Crippen molar-refractivity contribution in [1.29, 1.82) is 0 Å². The van der Waals surface area contributed by atoms with Crippen molar-refractivity contribution in [3.8, 4) is 0 Å². The highest BCUT2D eigenvalue weighted by molar-refractivity contribution is 5.87. The SMILES string of the molecule is O=C1Cc2ccc(CO)cc2C1. The summed E-state index contributed by atoms with van der Waals surface area (Å²) in [5, 5.41) is 8.85. The van der Waals surface area contributed by atoms with Crippen molar-refractivity contribution in [2.75, 3.05) is 0 Å². The molecule has 0 aliphatic heterocycles. The Morgan fingerprint density at radius 2 is 2.00 bits per heavy atom. The summed E-state index contributed by atoms with van der Waals surface area (Å²) in [4.78, 5) is 11.0. The maximum Gasteiger partial charge on any atom is 0.141 e. The van der Waals surface area contributed by atoms with Crippen LogP contribution in [0.1, 0.15) is 16.7 Å². The average molecular weight is 162 g/mol. The molecule has 1 aliphatic carbocycles. The lowest BCUT2D eigenvalue weighted by Crippen LogP contribution is -1.92. The van der Waals surface area contributed by atoms with Gasteiger partial charge in [-0.05, 0) is 16.7 Å². The molecule has 0 saturated heterocycles. The van der Waals surface area contributed by atoms with Crippen LogP contribution in [0, 0.1) is 0 Å². The van der Waals surface area contributed by atoms with Gasteiger partial charge in [-0.25, -0.2) is 0 Å². The van der Waals surface area contributed by atoms with Crippen LogP contribution in [0.4, 0.5) is 0 Å². The third kappa shape index (κ3) is 1.14. The summed E-state index contributed by atoms with van der Waals surface area (Å²) in [5.74, 6) is 0.278. The minimum absolute atomic E-state index is 0.0570. The smallest absolute Gasteiger partial charge is 0.141 e. The highest BCUT2D eigenvalue weighted by Crippen LogP contribution is 2.20. The number of aliphatic hydroxyl groups excluding tert-OH is 1. The maximum atomic E-state index is 11.0. The Morgan fingerprint density at radius 1 is 1.25 bits per heavy atom. The van der Waals surface area contributed by atoms with Gasteiger partial charge in [0.05, 0.1) is 6.61 Å². The second-order valence-electron chi connectivity index (χ2n) is 3.15. The van der Waals surface area contributed by atoms with E-state index >= 15 is 0 Å². The summed E-state index contributed by atoms with van der Waals surface area (Å²) in [6, 6.07) is 5.73. The summed E-state index contributed by atoms with van der Waals surface area (Å²) in [6.07, 6.45) is 1.12. The van der Waals surface area contributed by atoms with Gasteiger partial charge in [0, 0.05) is 12.8 Å². The molecule has 1 aromatic rings. The number of Topliss-reactive ketones (excluding diaryl/α,β-unsaturated/α-hetero) is 1. The Hall–Kier alpha value is -1.15. The monoisotopic (exact) mass is 162 g/mol. The van der Waals surface area contributed by atoms with Crippen molar-refractivity contribution >= 4 is 5.78 Å². The molecule has 0 radical (unpaired) electrons. The highest BCUT2D eigenvalue weighted by atomic mass is 16.3. The number of fused-ring (bicyclic) bond motifs is 1. The van der Waals surface area contributed by atoms with E-state index in [9.17, 15) is 4.79 Å². The first-order valence-electron chi connectivity index (χ1n) is 4.03. The second-order valence-corrected chi connectivity index (χ2v) is 3.15. The van der Waals surface area contributed by atoms with Crippen LogP contribution in [0.15, 0.2) is 18.2 Å². The Labute approximate surface area is 70.8 Å². The van der Waals surface area contributed by atoms with Crippen molar-refractivity contribution in [2.45, 2.75) is 19.4 Å². The van der Waals surface area contributed by atoms with Gasteiger partial charge >= 0.3 is 0 Å². The normalized spacial score (nSPS) is 14.9. The first kappa shape index (κ1) is 7.50. The number of hydrogen-bond acceptors (Lipinski definition) is 2. The molecule has 2 heteroatoms. The number of carbonyl (C=O) groups is 1. The molecule has 0 unspecified atom stereocenters. The summed E-state index contributed by atoms with van der Waals surface area (Å²) in [5.41, 5.74) is 3.10. The lowest BCUT2D eigenvalue weighted by molar-refractivity contribution is -0.117. The van der Waals surface area contributed by atoms with E-state index in [4.69, 9.17) is 5.11 Å². The van der Waals surface area contributed by atoms with Crippen LogP contribution >= 0.6 is 0 Å². The van der Waals surface area contributed by atoms with Crippen LogP contribution in [0.25, 0.3) is 0 Å². The fraction of sp³-hybridized carbons (Fsp3) is 0.300. The molecule has 12 heavy (non-hydrogen) atoms. The molecular formula is C10H10O2. The van der Waals surface area contributed by atoms with Crippen LogP contribution in [0.3, 0.4) is 0 Å². The number of benzene rings is 1. The first-order valence-corrected chi connectivity index (χ1v) is 4.03. The van der Waals surface area contributed by atoms with Crippen LogP contribution in [0.2, 0.25) is 0 Å². The molecule has 0 bridgehead atoms. The van der Waals surface area contributed by atoms with Crippen molar-refractivity contribution in [3.63, 3.8) is 0 Å². The van der Waals surface area contributed by atoms with Crippen LogP contribution < -0.4 is 0 Å². The topological polar surface area (TPSA) is 37.3 Å². The van der Waals surface area contributed by atoms with Crippen LogP contribution in [-0.4, -0.2) is 10.9 Å². The zero-order chi connectivity index (χ0) is 8.55. The molecule has 0 atom stereocenters. The van der Waals surface area contributed by atoms with Gasteiger partial charge in [-0.3, -0.25) is 4.79 Å².